The van der Waals surface area contributed by atoms with Gasteiger partial charge in [-0.2, -0.15) is 0 Å². The van der Waals surface area contributed by atoms with Crippen molar-refractivity contribution in [2.45, 2.75) is 53.0 Å². The molecule has 0 spiro atoms. The van der Waals surface area contributed by atoms with Gasteiger partial charge in [-0.25, -0.2) is 4.79 Å². The molecule has 1 aliphatic rings. The Labute approximate surface area is 162 Å². The summed E-state index contributed by atoms with van der Waals surface area (Å²) < 4.78 is 11.3. The van der Waals surface area contributed by atoms with Crippen molar-refractivity contribution in [3.8, 4) is 5.75 Å². The smallest absolute Gasteiger partial charge is 0.340 e. The largest absolute Gasteiger partial charge is 0.497 e. The van der Waals surface area contributed by atoms with Crippen LogP contribution in [0.2, 0.25) is 0 Å². The lowest BCUT2D eigenvalue weighted by Gasteiger charge is -2.44. The molecule has 1 saturated heterocycles. The second kappa shape index (κ2) is 9.22. The summed E-state index contributed by atoms with van der Waals surface area (Å²) in [6.45, 7) is 11.0. The van der Waals surface area contributed by atoms with Gasteiger partial charge in [0.25, 0.3) is 5.91 Å². The standard InChI is InChI=1S/C21H32N2O4/c1-6-23(11-9-8-10-12-23)16(4)20(24)22-19-15(3)13-17(26-5)14-18(19)21(25)27-7-2/h13-14,16H,6-12H2,1-5H3/p+1. The molecule has 1 aromatic rings. The maximum absolute atomic E-state index is 13.1. The number of hydrogen-bond acceptors (Lipinski definition) is 4. The lowest BCUT2D eigenvalue weighted by atomic mass is 10.0. The summed E-state index contributed by atoms with van der Waals surface area (Å²) >= 11 is 0. The third kappa shape index (κ3) is 4.61. The second-order valence-electron chi connectivity index (χ2n) is 7.30. The Morgan fingerprint density at radius 1 is 1.19 bits per heavy atom. The van der Waals surface area contributed by atoms with Crippen LogP contribution in [0.3, 0.4) is 0 Å². The molecule has 6 nitrogen and oxygen atoms in total. The summed E-state index contributed by atoms with van der Waals surface area (Å²) in [7, 11) is 1.55. The number of ether oxygens (including phenoxy) is 2. The van der Waals surface area contributed by atoms with Gasteiger partial charge in [0.05, 0.1) is 44.6 Å². The van der Waals surface area contributed by atoms with Gasteiger partial charge in [0.15, 0.2) is 6.04 Å². The summed E-state index contributed by atoms with van der Waals surface area (Å²) in [5, 5.41) is 3.01. The highest BCUT2D eigenvalue weighted by molar-refractivity contribution is 6.03. The molecule has 1 aliphatic heterocycles. The van der Waals surface area contributed by atoms with E-state index in [0.717, 1.165) is 42.5 Å². The summed E-state index contributed by atoms with van der Waals surface area (Å²) in [6.07, 6.45) is 3.54. The molecule has 1 amide bonds. The van der Waals surface area contributed by atoms with Crippen LogP contribution in [0.15, 0.2) is 12.1 Å². The predicted molar refractivity (Wildman–Crippen MR) is 106 cm³/mol. The Kier molecular flexibility index (Phi) is 7.25. The molecule has 1 fully saturated rings. The van der Waals surface area contributed by atoms with Crippen molar-refractivity contribution in [2.75, 3.05) is 38.7 Å². The Morgan fingerprint density at radius 3 is 2.41 bits per heavy atom. The maximum Gasteiger partial charge on any atom is 0.340 e. The van der Waals surface area contributed by atoms with Crippen LogP contribution in [0.4, 0.5) is 5.69 Å². The van der Waals surface area contributed by atoms with Gasteiger partial charge < -0.3 is 19.3 Å². The number of nitrogens with one attached hydrogen (secondary N) is 1. The number of benzene rings is 1. The highest BCUT2D eigenvalue weighted by atomic mass is 16.5. The molecule has 0 aliphatic carbocycles. The number of quaternary nitrogens is 1. The van der Waals surface area contributed by atoms with Crippen molar-refractivity contribution >= 4 is 17.6 Å². The number of anilines is 1. The van der Waals surface area contributed by atoms with E-state index in [1.54, 1.807) is 20.1 Å². The number of aryl methyl sites for hydroxylation is 1. The third-order valence-corrected chi connectivity index (χ3v) is 5.83. The molecule has 0 aromatic heterocycles. The van der Waals surface area contributed by atoms with Crippen LogP contribution in [0.5, 0.6) is 5.75 Å². The van der Waals surface area contributed by atoms with E-state index in [-0.39, 0.29) is 18.6 Å². The number of esters is 1. The van der Waals surface area contributed by atoms with Crippen LogP contribution in [-0.2, 0) is 9.53 Å². The van der Waals surface area contributed by atoms with Crippen LogP contribution < -0.4 is 10.1 Å². The van der Waals surface area contributed by atoms with Crippen molar-refractivity contribution < 1.29 is 23.5 Å². The number of carbonyl (C=O) groups is 2. The number of nitrogens with zero attached hydrogens (tertiary/aromatic N) is 1. The lowest BCUT2D eigenvalue weighted by Crippen LogP contribution is -2.60. The van der Waals surface area contributed by atoms with Crippen molar-refractivity contribution in [1.82, 2.24) is 0 Å². The maximum atomic E-state index is 13.1. The van der Waals surface area contributed by atoms with Gasteiger partial charge in [-0.15, -0.1) is 0 Å². The van der Waals surface area contributed by atoms with E-state index in [2.05, 4.69) is 12.2 Å². The fourth-order valence-corrected chi connectivity index (χ4v) is 4.00. The SMILES string of the molecule is CCOC(=O)c1cc(OC)cc(C)c1NC(=O)C(C)[N+]1(CC)CCCCC1. The summed E-state index contributed by atoms with van der Waals surface area (Å²) in [5.41, 5.74) is 1.62. The first-order chi connectivity index (χ1) is 12.9. The molecule has 27 heavy (non-hydrogen) atoms. The lowest BCUT2D eigenvalue weighted by molar-refractivity contribution is -0.943. The molecule has 0 bridgehead atoms. The minimum Gasteiger partial charge on any atom is -0.497 e. The first kappa shape index (κ1) is 21.2. The average Bonchev–Trinajstić information content (AvgIpc) is 2.69. The molecule has 1 N–H and O–H groups in total. The topological polar surface area (TPSA) is 64.6 Å². The second-order valence-corrected chi connectivity index (χ2v) is 7.30. The molecule has 1 aromatic carbocycles. The van der Waals surface area contributed by atoms with E-state index in [4.69, 9.17) is 9.47 Å². The van der Waals surface area contributed by atoms with E-state index in [0.29, 0.717) is 17.0 Å². The number of carbonyl (C=O) groups excluding carboxylic acids is 2. The predicted octanol–water partition coefficient (Wildman–Crippen LogP) is 3.53. The molecular weight excluding hydrogens is 344 g/mol. The zero-order valence-electron chi connectivity index (χ0n) is 17.3. The molecule has 150 valence electrons. The Balaban J connectivity index is 2.32. The van der Waals surface area contributed by atoms with Crippen LogP contribution >= 0.6 is 0 Å². The molecule has 0 radical (unpaired) electrons. The molecule has 1 unspecified atom stereocenters. The van der Waals surface area contributed by atoms with Gasteiger partial charge >= 0.3 is 5.97 Å². The van der Waals surface area contributed by atoms with Gasteiger partial charge in [-0.1, -0.05) is 0 Å². The van der Waals surface area contributed by atoms with Gasteiger partial charge in [-0.3, -0.25) is 4.79 Å². The zero-order chi connectivity index (χ0) is 20.0. The minimum absolute atomic E-state index is 0.0578. The fourth-order valence-electron chi connectivity index (χ4n) is 4.00. The van der Waals surface area contributed by atoms with Gasteiger partial charge in [0, 0.05) is 0 Å². The summed E-state index contributed by atoms with van der Waals surface area (Å²) in [6, 6.07) is 3.26. The number of amides is 1. The van der Waals surface area contributed by atoms with Crippen LogP contribution in [0.1, 0.15) is 56.0 Å². The van der Waals surface area contributed by atoms with Gasteiger partial charge in [-0.05, 0) is 64.7 Å². The number of methoxy groups -OCH3 is 1. The molecule has 1 heterocycles. The van der Waals surface area contributed by atoms with Gasteiger partial charge in [0.1, 0.15) is 5.75 Å². The van der Waals surface area contributed by atoms with Crippen molar-refractivity contribution in [1.29, 1.82) is 0 Å². The van der Waals surface area contributed by atoms with E-state index in [9.17, 15) is 9.59 Å². The van der Waals surface area contributed by atoms with E-state index in [1.165, 1.54) is 6.42 Å². The average molecular weight is 378 g/mol. The number of hydrogen-bond donors (Lipinski definition) is 1. The Morgan fingerprint density at radius 2 is 1.85 bits per heavy atom. The van der Waals surface area contributed by atoms with Gasteiger partial charge in [0.2, 0.25) is 0 Å². The van der Waals surface area contributed by atoms with Crippen molar-refractivity contribution in [3.05, 3.63) is 23.3 Å². The zero-order valence-corrected chi connectivity index (χ0v) is 17.3. The number of rotatable bonds is 7. The normalized spacial score (nSPS) is 17.1. The van der Waals surface area contributed by atoms with Crippen molar-refractivity contribution in [3.63, 3.8) is 0 Å². The third-order valence-electron chi connectivity index (χ3n) is 5.83. The Hall–Kier alpha value is -2.08. The summed E-state index contributed by atoms with van der Waals surface area (Å²) in [4.78, 5) is 25.5. The fraction of sp³-hybridized carbons (Fsp3) is 0.619. The molecule has 2 rings (SSSR count). The number of likely N-dealkylation sites (tertiary alicyclic amines) is 1. The molecular formula is C21H33N2O4+. The highest BCUT2D eigenvalue weighted by Gasteiger charge is 2.38. The summed E-state index contributed by atoms with van der Waals surface area (Å²) in [5.74, 6) is 0.0482. The minimum atomic E-state index is -0.459. The first-order valence-electron chi connectivity index (χ1n) is 9.91. The van der Waals surface area contributed by atoms with Crippen LogP contribution in [0.25, 0.3) is 0 Å². The highest BCUT2D eigenvalue weighted by Crippen LogP contribution is 2.29. The molecule has 6 heteroatoms. The first-order valence-corrected chi connectivity index (χ1v) is 9.91. The van der Waals surface area contributed by atoms with Crippen LogP contribution in [-0.4, -0.2) is 55.8 Å². The van der Waals surface area contributed by atoms with E-state index < -0.39 is 5.97 Å². The van der Waals surface area contributed by atoms with Crippen molar-refractivity contribution in [2.24, 2.45) is 0 Å². The number of piperidine rings is 1. The molecule has 0 saturated carbocycles. The number of likely N-dealkylation sites (N-methyl/N-ethyl adjacent to an activating group) is 1. The van der Waals surface area contributed by atoms with Crippen LogP contribution in [0, 0.1) is 6.92 Å². The Bertz CT molecular complexity index is 681. The van der Waals surface area contributed by atoms with E-state index in [1.807, 2.05) is 19.9 Å². The monoisotopic (exact) mass is 377 g/mol. The molecule has 1 atom stereocenters. The quantitative estimate of drug-likeness (QED) is 0.583. The van der Waals surface area contributed by atoms with E-state index >= 15 is 0 Å².